The molecular weight excluding hydrogens is 209 g/mol. The summed E-state index contributed by atoms with van der Waals surface area (Å²) in [6.45, 7) is 3.54. The van der Waals surface area contributed by atoms with Crippen LogP contribution >= 0.6 is 0 Å². The molecule has 0 saturated carbocycles. The topological polar surface area (TPSA) is 0 Å². The smallest absolute Gasteiger partial charge is 0 e. The summed E-state index contributed by atoms with van der Waals surface area (Å²) >= 11 is 0. The van der Waals surface area contributed by atoms with Crippen molar-refractivity contribution in [2.75, 3.05) is 0 Å². The molecule has 0 nitrogen and oxygen atoms in total. The summed E-state index contributed by atoms with van der Waals surface area (Å²) in [6, 6.07) is 11.1. The predicted molar refractivity (Wildman–Crippen MR) is 42.5 cm³/mol. The third-order valence-electron chi connectivity index (χ3n) is 1.34. The zero-order valence-corrected chi connectivity index (χ0v) is 9.35. The molecule has 0 amide bonds. The van der Waals surface area contributed by atoms with Gasteiger partial charge in [0.25, 0.3) is 0 Å². The van der Waals surface area contributed by atoms with Gasteiger partial charge in [-0.3, -0.25) is 6.58 Å². The van der Waals surface area contributed by atoms with Crippen LogP contribution in [0.3, 0.4) is 0 Å². The number of aryl methyl sites for hydroxylation is 1. The van der Waals surface area contributed by atoms with Gasteiger partial charge in [-0.2, -0.15) is 42.3 Å². The van der Waals surface area contributed by atoms with Gasteiger partial charge in [0, 0.05) is 32.7 Å². The normalized spacial score (nSPS) is 8.36. The average Bonchev–Trinajstić information content (AvgIpc) is 2.03. The monoisotopic (exact) mass is 219 g/mol. The Labute approximate surface area is 93.6 Å². The second-order valence-electron chi connectivity index (χ2n) is 2.14. The third kappa shape index (κ3) is 4.50. The summed E-state index contributed by atoms with van der Waals surface area (Å²) < 4.78 is 0. The van der Waals surface area contributed by atoms with E-state index in [1.165, 1.54) is 5.56 Å². The van der Waals surface area contributed by atoms with E-state index in [2.05, 4.69) is 24.8 Å². The Bertz CT molecular complexity index is 191. The Morgan fingerprint density at radius 2 is 2.27 bits per heavy atom. The largest absolute Gasteiger partial charge is 0.504 e. The summed E-state index contributed by atoms with van der Waals surface area (Å²) in [6.07, 6.45) is 4.77. The van der Waals surface area contributed by atoms with Crippen LogP contribution < -0.4 is 0 Å². The molecule has 0 atom stereocenters. The van der Waals surface area contributed by atoms with Crippen LogP contribution in [-0.2, 0) is 39.1 Å². The van der Waals surface area contributed by atoms with Crippen molar-refractivity contribution in [1.29, 1.82) is 0 Å². The maximum atomic E-state index is 3.54. The van der Waals surface area contributed by atoms with E-state index in [4.69, 9.17) is 0 Å². The van der Waals surface area contributed by atoms with Crippen molar-refractivity contribution in [3.05, 3.63) is 48.6 Å². The quantitative estimate of drug-likeness (QED) is 0.685. The minimum absolute atomic E-state index is 0. The van der Waals surface area contributed by atoms with E-state index in [-0.39, 0.29) is 32.7 Å². The van der Waals surface area contributed by atoms with Crippen molar-refractivity contribution in [3.8, 4) is 0 Å². The first-order valence-corrected chi connectivity index (χ1v) is 3.39. The molecule has 0 saturated heterocycles. The van der Waals surface area contributed by atoms with Crippen LogP contribution in [0.5, 0.6) is 0 Å². The number of benzene rings is 1. The fourth-order valence-electron chi connectivity index (χ4n) is 0.809. The van der Waals surface area contributed by atoms with Gasteiger partial charge in [0.15, 0.2) is 0 Å². The number of rotatable bonds is 3. The van der Waals surface area contributed by atoms with Crippen LogP contribution in [0.25, 0.3) is 0 Å². The Hall–Kier alpha value is 0.0639. The Morgan fingerprint density at radius 3 is 2.82 bits per heavy atom. The maximum Gasteiger partial charge on any atom is 0 e. The first-order chi connectivity index (χ1) is 4.93. The SMILES string of the molecule is C=[C-]CCc1[c-]cccc1.[Y]. The van der Waals surface area contributed by atoms with E-state index in [9.17, 15) is 0 Å². The van der Waals surface area contributed by atoms with Crippen molar-refractivity contribution >= 4 is 0 Å². The molecule has 1 rings (SSSR count). The molecule has 0 bridgehead atoms. The molecule has 0 spiro atoms. The van der Waals surface area contributed by atoms with Crippen LogP contribution in [0.1, 0.15) is 12.0 Å². The Kier molecular flexibility index (Phi) is 6.79. The van der Waals surface area contributed by atoms with Crippen LogP contribution in [0.15, 0.2) is 30.8 Å². The van der Waals surface area contributed by atoms with Crippen LogP contribution in [0.4, 0.5) is 0 Å². The fraction of sp³-hybridized carbons (Fsp3) is 0.200. The summed E-state index contributed by atoms with van der Waals surface area (Å²) in [5.74, 6) is 0. The predicted octanol–water partition coefficient (Wildman–Crippen LogP) is 2.41. The van der Waals surface area contributed by atoms with Crippen molar-refractivity contribution in [2.45, 2.75) is 12.8 Å². The summed E-state index contributed by atoms with van der Waals surface area (Å²) in [7, 11) is 0. The molecule has 0 aliphatic heterocycles. The van der Waals surface area contributed by atoms with Gasteiger partial charge in [-0.15, -0.1) is 0 Å². The second-order valence-corrected chi connectivity index (χ2v) is 2.14. The van der Waals surface area contributed by atoms with Gasteiger partial charge in [-0.05, 0) is 0 Å². The average molecular weight is 219 g/mol. The molecule has 1 radical (unpaired) electrons. The molecule has 0 aliphatic carbocycles. The molecule has 0 heterocycles. The van der Waals surface area contributed by atoms with E-state index in [1.54, 1.807) is 0 Å². The van der Waals surface area contributed by atoms with E-state index >= 15 is 0 Å². The minimum atomic E-state index is 0. The van der Waals surface area contributed by atoms with E-state index < -0.39 is 0 Å². The van der Waals surface area contributed by atoms with Gasteiger partial charge >= 0.3 is 0 Å². The van der Waals surface area contributed by atoms with Gasteiger partial charge in [0.1, 0.15) is 0 Å². The van der Waals surface area contributed by atoms with E-state index in [0.717, 1.165) is 12.8 Å². The molecule has 0 aromatic heterocycles. The maximum absolute atomic E-state index is 3.54. The first-order valence-electron chi connectivity index (χ1n) is 3.39. The van der Waals surface area contributed by atoms with Gasteiger partial charge in [0.05, 0.1) is 0 Å². The number of hydrogen-bond donors (Lipinski definition) is 0. The molecule has 0 N–H and O–H groups in total. The number of allylic oxidation sites excluding steroid dienone is 1. The summed E-state index contributed by atoms with van der Waals surface area (Å²) in [4.78, 5) is 0. The Morgan fingerprint density at radius 1 is 1.45 bits per heavy atom. The van der Waals surface area contributed by atoms with Gasteiger partial charge < -0.3 is 6.08 Å². The van der Waals surface area contributed by atoms with Crippen molar-refractivity contribution in [3.63, 3.8) is 0 Å². The van der Waals surface area contributed by atoms with Gasteiger partial charge in [-0.1, -0.05) is 6.42 Å². The summed E-state index contributed by atoms with van der Waals surface area (Å²) in [5.41, 5.74) is 1.23. The Balaban J connectivity index is 0.000001000. The molecule has 0 aliphatic rings. The summed E-state index contributed by atoms with van der Waals surface area (Å²) in [5, 5.41) is 0. The number of hydrogen-bond acceptors (Lipinski definition) is 0. The van der Waals surface area contributed by atoms with Crippen LogP contribution in [-0.4, -0.2) is 0 Å². The standard InChI is InChI=1S/C10H10.Y/c1-2-3-7-10-8-5-4-6-9-10;/h4-6,8H,1,3,7H2;/q-2;. The van der Waals surface area contributed by atoms with Crippen molar-refractivity contribution in [2.24, 2.45) is 0 Å². The van der Waals surface area contributed by atoms with Crippen LogP contribution in [0, 0.1) is 12.1 Å². The minimum Gasteiger partial charge on any atom is -0.504 e. The molecule has 55 valence electrons. The van der Waals surface area contributed by atoms with Crippen molar-refractivity contribution in [1.82, 2.24) is 0 Å². The van der Waals surface area contributed by atoms with Gasteiger partial charge in [-0.25, -0.2) is 0 Å². The zero-order valence-electron chi connectivity index (χ0n) is 6.51. The fourth-order valence-corrected chi connectivity index (χ4v) is 0.809. The molecule has 1 aromatic carbocycles. The van der Waals surface area contributed by atoms with Gasteiger partial charge in [0.2, 0.25) is 0 Å². The molecule has 1 heteroatoms. The molecular formula is C10H10Y-2. The molecule has 0 fully saturated rings. The third-order valence-corrected chi connectivity index (χ3v) is 1.34. The van der Waals surface area contributed by atoms with Crippen molar-refractivity contribution < 1.29 is 32.7 Å². The molecule has 11 heavy (non-hydrogen) atoms. The van der Waals surface area contributed by atoms with Crippen LogP contribution in [0.2, 0.25) is 0 Å². The zero-order chi connectivity index (χ0) is 7.23. The van der Waals surface area contributed by atoms with E-state index in [1.807, 2.05) is 18.2 Å². The second kappa shape index (κ2) is 6.75. The molecule has 1 aromatic rings. The van der Waals surface area contributed by atoms with E-state index in [0.29, 0.717) is 0 Å². The molecule has 0 unspecified atom stereocenters. The first kappa shape index (κ1) is 11.1.